The van der Waals surface area contributed by atoms with Gasteiger partial charge in [0.25, 0.3) is 0 Å². The van der Waals surface area contributed by atoms with Crippen LogP contribution in [0.1, 0.15) is 23.6 Å². The molecule has 0 saturated carbocycles. The van der Waals surface area contributed by atoms with Gasteiger partial charge in [-0.2, -0.15) is 0 Å². The highest BCUT2D eigenvalue weighted by Crippen LogP contribution is 2.18. The highest BCUT2D eigenvalue weighted by molar-refractivity contribution is 5.27. The minimum atomic E-state index is -0.183. The zero-order valence-electron chi connectivity index (χ0n) is 10.4. The Bertz CT molecular complexity index is 352. The molecule has 1 rings (SSSR count). The Kier molecular flexibility index (Phi) is 5.91. The molecule has 1 aromatic carbocycles. The molecule has 1 aromatic rings. The molecule has 4 N–H and O–H groups in total. The molecule has 0 aliphatic rings. The first-order valence-corrected chi connectivity index (χ1v) is 5.94. The van der Waals surface area contributed by atoms with E-state index < -0.39 is 0 Å². The molecule has 0 saturated heterocycles. The van der Waals surface area contributed by atoms with E-state index in [1.165, 1.54) is 5.56 Å². The summed E-state index contributed by atoms with van der Waals surface area (Å²) >= 11 is 0. The standard InChI is InChI=1S/C14H22N2O/c1-3-5-14(16-2)12-7-4-6-11(8-12)9-13(15)10-17/h3-4,6-8,13-14,16-17H,1,5,9-10,15H2,2H3. The molecule has 3 nitrogen and oxygen atoms in total. The third-order valence-electron chi connectivity index (χ3n) is 2.84. The van der Waals surface area contributed by atoms with Gasteiger partial charge in [0.1, 0.15) is 0 Å². The van der Waals surface area contributed by atoms with Crippen molar-refractivity contribution in [2.75, 3.05) is 13.7 Å². The second kappa shape index (κ2) is 7.22. The van der Waals surface area contributed by atoms with Crippen LogP contribution in [0.5, 0.6) is 0 Å². The summed E-state index contributed by atoms with van der Waals surface area (Å²) in [4.78, 5) is 0. The Morgan fingerprint density at radius 3 is 2.88 bits per heavy atom. The third kappa shape index (κ3) is 4.30. The summed E-state index contributed by atoms with van der Waals surface area (Å²) in [6.07, 6.45) is 3.51. The highest BCUT2D eigenvalue weighted by Gasteiger charge is 2.08. The van der Waals surface area contributed by atoms with Gasteiger partial charge in [0.15, 0.2) is 0 Å². The van der Waals surface area contributed by atoms with Crippen LogP contribution in [0.25, 0.3) is 0 Å². The van der Waals surface area contributed by atoms with Crippen molar-refractivity contribution in [3.63, 3.8) is 0 Å². The van der Waals surface area contributed by atoms with Crippen LogP contribution in [-0.2, 0) is 6.42 Å². The van der Waals surface area contributed by atoms with Gasteiger partial charge in [0.05, 0.1) is 6.61 Å². The van der Waals surface area contributed by atoms with Crippen LogP contribution in [-0.4, -0.2) is 24.8 Å². The lowest BCUT2D eigenvalue weighted by Gasteiger charge is -2.16. The largest absolute Gasteiger partial charge is 0.395 e. The van der Waals surface area contributed by atoms with E-state index in [1.807, 2.05) is 25.3 Å². The lowest BCUT2D eigenvalue weighted by atomic mass is 9.98. The molecule has 0 radical (unpaired) electrons. The SMILES string of the molecule is C=CCC(NC)c1cccc(CC(N)CO)c1. The topological polar surface area (TPSA) is 58.3 Å². The summed E-state index contributed by atoms with van der Waals surface area (Å²) < 4.78 is 0. The van der Waals surface area contributed by atoms with E-state index in [-0.39, 0.29) is 18.7 Å². The van der Waals surface area contributed by atoms with Gasteiger partial charge in [-0.15, -0.1) is 6.58 Å². The fraction of sp³-hybridized carbons (Fsp3) is 0.429. The first kappa shape index (κ1) is 13.9. The van der Waals surface area contributed by atoms with Gasteiger partial charge < -0.3 is 16.2 Å². The van der Waals surface area contributed by atoms with Crippen molar-refractivity contribution in [1.82, 2.24) is 5.32 Å². The molecule has 0 fully saturated rings. The Morgan fingerprint density at radius 2 is 2.29 bits per heavy atom. The molecular weight excluding hydrogens is 212 g/mol. The van der Waals surface area contributed by atoms with Gasteiger partial charge >= 0.3 is 0 Å². The molecule has 0 aromatic heterocycles. The number of nitrogens with two attached hydrogens (primary N) is 1. The molecule has 0 spiro atoms. The van der Waals surface area contributed by atoms with Crippen molar-refractivity contribution in [2.45, 2.75) is 24.9 Å². The minimum absolute atomic E-state index is 0.0202. The summed E-state index contributed by atoms with van der Waals surface area (Å²) in [7, 11) is 1.94. The maximum absolute atomic E-state index is 8.95. The Balaban J connectivity index is 2.80. The summed E-state index contributed by atoms with van der Waals surface area (Å²) in [6.45, 7) is 3.79. The first-order chi connectivity index (χ1) is 8.21. The Labute approximate surface area is 103 Å². The van der Waals surface area contributed by atoms with Gasteiger partial charge in [-0.05, 0) is 31.0 Å². The van der Waals surface area contributed by atoms with Crippen molar-refractivity contribution in [3.8, 4) is 0 Å². The van der Waals surface area contributed by atoms with Crippen LogP contribution in [0.2, 0.25) is 0 Å². The zero-order chi connectivity index (χ0) is 12.7. The number of aliphatic hydroxyl groups excluding tert-OH is 1. The molecule has 3 heteroatoms. The van der Waals surface area contributed by atoms with Crippen molar-refractivity contribution in [2.24, 2.45) is 5.73 Å². The summed E-state index contributed by atoms with van der Waals surface area (Å²) in [5, 5.41) is 12.2. The average Bonchev–Trinajstić information content (AvgIpc) is 2.36. The molecule has 94 valence electrons. The lowest BCUT2D eigenvalue weighted by Crippen LogP contribution is -2.27. The van der Waals surface area contributed by atoms with E-state index >= 15 is 0 Å². The van der Waals surface area contributed by atoms with Gasteiger partial charge in [0, 0.05) is 12.1 Å². The maximum Gasteiger partial charge on any atom is 0.0585 e. The maximum atomic E-state index is 8.95. The molecule has 2 unspecified atom stereocenters. The summed E-state index contributed by atoms with van der Waals surface area (Å²) in [5.41, 5.74) is 8.13. The van der Waals surface area contributed by atoms with Crippen molar-refractivity contribution in [1.29, 1.82) is 0 Å². The van der Waals surface area contributed by atoms with E-state index in [1.54, 1.807) is 0 Å². The normalized spacial score (nSPS) is 14.3. The molecule has 17 heavy (non-hydrogen) atoms. The van der Waals surface area contributed by atoms with Crippen molar-refractivity contribution < 1.29 is 5.11 Å². The second-order valence-corrected chi connectivity index (χ2v) is 4.26. The smallest absolute Gasteiger partial charge is 0.0585 e. The van der Waals surface area contributed by atoms with Crippen molar-refractivity contribution >= 4 is 0 Å². The van der Waals surface area contributed by atoms with Crippen LogP contribution in [0, 0.1) is 0 Å². The van der Waals surface area contributed by atoms with Gasteiger partial charge in [0.2, 0.25) is 0 Å². The van der Waals surface area contributed by atoms with Crippen LogP contribution in [0.15, 0.2) is 36.9 Å². The number of hydrogen-bond donors (Lipinski definition) is 3. The minimum Gasteiger partial charge on any atom is -0.395 e. The molecule has 0 amide bonds. The van der Waals surface area contributed by atoms with Crippen LogP contribution in [0.3, 0.4) is 0 Å². The van der Waals surface area contributed by atoms with Crippen LogP contribution in [0.4, 0.5) is 0 Å². The fourth-order valence-corrected chi connectivity index (χ4v) is 1.89. The number of rotatable bonds is 7. The summed E-state index contributed by atoms with van der Waals surface area (Å²) in [6, 6.07) is 8.41. The van der Waals surface area contributed by atoms with E-state index in [0.717, 1.165) is 12.0 Å². The molecule has 0 aliphatic carbocycles. The molecule has 0 aliphatic heterocycles. The highest BCUT2D eigenvalue weighted by atomic mass is 16.3. The predicted molar refractivity (Wildman–Crippen MR) is 71.8 cm³/mol. The van der Waals surface area contributed by atoms with E-state index in [9.17, 15) is 0 Å². The number of hydrogen-bond acceptors (Lipinski definition) is 3. The number of nitrogens with one attached hydrogen (secondary N) is 1. The average molecular weight is 234 g/mol. The molecule has 0 bridgehead atoms. The number of aliphatic hydroxyl groups is 1. The van der Waals surface area contributed by atoms with E-state index in [4.69, 9.17) is 10.8 Å². The monoisotopic (exact) mass is 234 g/mol. The predicted octanol–water partition coefficient (Wildman–Crippen LogP) is 1.39. The summed E-state index contributed by atoms with van der Waals surface area (Å²) in [5.74, 6) is 0. The van der Waals surface area contributed by atoms with E-state index in [0.29, 0.717) is 6.42 Å². The fourth-order valence-electron chi connectivity index (χ4n) is 1.89. The first-order valence-electron chi connectivity index (χ1n) is 5.94. The Morgan fingerprint density at radius 1 is 1.53 bits per heavy atom. The van der Waals surface area contributed by atoms with Crippen LogP contribution >= 0.6 is 0 Å². The lowest BCUT2D eigenvalue weighted by molar-refractivity contribution is 0.265. The third-order valence-corrected chi connectivity index (χ3v) is 2.84. The molecule has 2 atom stereocenters. The number of benzene rings is 1. The molecule has 0 heterocycles. The van der Waals surface area contributed by atoms with Gasteiger partial charge in [-0.25, -0.2) is 0 Å². The second-order valence-electron chi connectivity index (χ2n) is 4.26. The van der Waals surface area contributed by atoms with Crippen molar-refractivity contribution in [3.05, 3.63) is 48.0 Å². The van der Waals surface area contributed by atoms with Gasteiger partial charge in [-0.3, -0.25) is 0 Å². The Hall–Kier alpha value is -1.16. The quantitative estimate of drug-likeness (QED) is 0.625. The van der Waals surface area contributed by atoms with Crippen LogP contribution < -0.4 is 11.1 Å². The van der Waals surface area contributed by atoms with E-state index in [2.05, 4.69) is 24.0 Å². The molecular formula is C14H22N2O. The van der Waals surface area contributed by atoms with Gasteiger partial charge in [-0.1, -0.05) is 30.3 Å². The zero-order valence-corrected chi connectivity index (χ0v) is 10.4.